The standard InChI is InChI=1S/C37H54ClN5O2/c38-31-13-15-33(16-14-31)45-29-36-40-37-34(43(36)26-7-9-30-17-20-39-21-18-30)11-6-12-35(37)44-28-8-25-42-24-5-2-10-32(42)19-27-41-22-3-1-4-23-41/h6,11-16,30,32,39H,1-5,7-10,17-29H2. The van der Waals surface area contributed by atoms with Crippen LogP contribution in [-0.4, -0.2) is 77.8 Å². The number of nitrogens with zero attached hydrogens (tertiary/aromatic N) is 4. The van der Waals surface area contributed by atoms with Crippen molar-refractivity contribution in [2.75, 3.05) is 52.4 Å². The Labute approximate surface area is 275 Å². The Kier molecular flexibility index (Phi) is 12.3. The molecule has 4 heterocycles. The van der Waals surface area contributed by atoms with Crippen LogP contribution < -0.4 is 14.8 Å². The summed E-state index contributed by atoms with van der Waals surface area (Å²) in [5.41, 5.74) is 2.09. The number of para-hydroxylation sites is 1. The van der Waals surface area contributed by atoms with Crippen molar-refractivity contribution in [3.63, 3.8) is 0 Å². The summed E-state index contributed by atoms with van der Waals surface area (Å²) in [5, 5.41) is 4.21. The number of fused-ring (bicyclic) bond motifs is 1. The molecule has 1 aromatic heterocycles. The molecule has 3 saturated heterocycles. The van der Waals surface area contributed by atoms with E-state index in [1.54, 1.807) is 0 Å². The average Bonchev–Trinajstić information content (AvgIpc) is 3.45. The highest BCUT2D eigenvalue weighted by molar-refractivity contribution is 6.30. The van der Waals surface area contributed by atoms with Crippen molar-refractivity contribution in [3.8, 4) is 11.5 Å². The third-order valence-electron chi connectivity index (χ3n) is 10.3. The first-order valence-corrected chi connectivity index (χ1v) is 18.3. The van der Waals surface area contributed by atoms with E-state index in [1.165, 1.54) is 90.4 Å². The lowest BCUT2D eigenvalue weighted by atomic mass is 9.93. The van der Waals surface area contributed by atoms with Crippen LogP contribution in [0.15, 0.2) is 42.5 Å². The van der Waals surface area contributed by atoms with Gasteiger partial charge in [0.15, 0.2) is 0 Å². The molecule has 0 saturated carbocycles. The van der Waals surface area contributed by atoms with Gasteiger partial charge in [-0.2, -0.15) is 0 Å². The van der Waals surface area contributed by atoms with E-state index in [4.69, 9.17) is 26.1 Å². The number of imidazole rings is 1. The number of aromatic nitrogens is 2. The van der Waals surface area contributed by atoms with Crippen LogP contribution in [0.2, 0.25) is 5.02 Å². The number of ether oxygens (including phenoxy) is 2. The highest BCUT2D eigenvalue weighted by Gasteiger charge is 2.23. The number of piperidine rings is 3. The van der Waals surface area contributed by atoms with Crippen molar-refractivity contribution < 1.29 is 9.47 Å². The van der Waals surface area contributed by atoms with Crippen LogP contribution >= 0.6 is 11.6 Å². The summed E-state index contributed by atoms with van der Waals surface area (Å²) in [6, 6.07) is 14.7. The zero-order valence-electron chi connectivity index (χ0n) is 27.2. The fourth-order valence-electron chi connectivity index (χ4n) is 7.68. The van der Waals surface area contributed by atoms with E-state index in [0.29, 0.717) is 18.2 Å². The van der Waals surface area contributed by atoms with Gasteiger partial charge < -0.3 is 29.2 Å². The zero-order chi connectivity index (χ0) is 30.7. The molecule has 0 bridgehead atoms. The average molecular weight is 636 g/mol. The van der Waals surface area contributed by atoms with Crippen molar-refractivity contribution in [1.29, 1.82) is 0 Å². The number of hydrogen-bond donors (Lipinski definition) is 1. The molecule has 0 aliphatic carbocycles. The number of likely N-dealkylation sites (tertiary alicyclic amines) is 2. The van der Waals surface area contributed by atoms with Gasteiger partial charge in [-0.3, -0.25) is 0 Å². The second-order valence-corrected chi connectivity index (χ2v) is 13.9. The zero-order valence-corrected chi connectivity index (χ0v) is 28.0. The molecule has 3 aromatic rings. The van der Waals surface area contributed by atoms with Crippen LogP contribution in [0.25, 0.3) is 11.0 Å². The Balaban J connectivity index is 1.07. The van der Waals surface area contributed by atoms with Crippen LogP contribution in [0.3, 0.4) is 0 Å². The lowest BCUT2D eigenvalue weighted by Gasteiger charge is -2.37. The largest absolute Gasteiger partial charge is 0.491 e. The van der Waals surface area contributed by atoms with Gasteiger partial charge in [0.1, 0.15) is 29.4 Å². The van der Waals surface area contributed by atoms with Gasteiger partial charge in [0.05, 0.1) is 12.1 Å². The SMILES string of the molecule is Clc1ccc(OCc2nc3c(OCCCN4CCCCC4CCN4CCCCC4)cccc3n2CCCC2CCNCC2)cc1. The van der Waals surface area contributed by atoms with Gasteiger partial charge in [0.2, 0.25) is 0 Å². The maximum atomic E-state index is 6.47. The Bertz CT molecular complexity index is 1300. The minimum Gasteiger partial charge on any atom is -0.491 e. The van der Waals surface area contributed by atoms with Gasteiger partial charge >= 0.3 is 0 Å². The molecule has 2 aromatic carbocycles. The maximum absolute atomic E-state index is 6.47. The summed E-state index contributed by atoms with van der Waals surface area (Å²) in [5.74, 6) is 3.46. The van der Waals surface area contributed by atoms with Crippen LogP contribution in [-0.2, 0) is 13.2 Å². The predicted molar refractivity (Wildman–Crippen MR) is 185 cm³/mol. The molecule has 45 heavy (non-hydrogen) atoms. The highest BCUT2D eigenvalue weighted by Crippen LogP contribution is 2.29. The van der Waals surface area contributed by atoms with Crippen LogP contribution in [0.1, 0.15) is 82.9 Å². The van der Waals surface area contributed by atoms with Crippen LogP contribution in [0.5, 0.6) is 11.5 Å². The first-order valence-electron chi connectivity index (χ1n) is 17.9. The van der Waals surface area contributed by atoms with Crippen molar-refractivity contribution in [2.45, 2.75) is 96.2 Å². The normalized spacial score (nSPS) is 20.5. The van der Waals surface area contributed by atoms with E-state index in [0.717, 1.165) is 79.3 Å². The fraction of sp³-hybridized carbons (Fsp3) is 0.649. The van der Waals surface area contributed by atoms with E-state index in [2.05, 4.69) is 37.9 Å². The molecule has 7 nitrogen and oxygen atoms in total. The van der Waals surface area contributed by atoms with Crippen molar-refractivity contribution >= 4 is 22.6 Å². The molecule has 0 spiro atoms. The third-order valence-corrected chi connectivity index (χ3v) is 10.5. The molecular weight excluding hydrogens is 582 g/mol. The van der Waals surface area contributed by atoms with Gasteiger partial charge in [0.25, 0.3) is 0 Å². The predicted octanol–water partition coefficient (Wildman–Crippen LogP) is 7.55. The van der Waals surface area contributed by atoms with Gasteiger partial charge in [-0.25, -0.2) is 4.98 Å². The number of hydrogen-bond acceptors (Lipinski definition) is 6. The van der Waals surface area contributed by atoms with Gasteiger partial charge in [-0.15, -0.1) is 0 Å². The summed E-state index contributed by atoms with van der Waals surface area (Å²) in [6.45, 7) is 10.6. The van der Waals surface area contributed by atoms with Crippen LogP contribution in [0, 0.1) is 5.92 Å². The third kappa shape index (κ3) is 9.37. The first-order chi connectivity index (χ1) is 22.2. The number of benzene rings is 2. The number of nitrogens with one attached hydrogen (secondary N) is 1. The maximum Gasteiger partial charge on any atom is 0.148 e. The van der Waals surface area contributed by atoms with Gasteiger partial charge in [-0.05, 0) is 146 Å². The number of rotatable bonds is 15. The summed E-state index contributed by atoms with van der Waals surface area (Å²) in [7, 11) is 0. The smallest absolute Gasteiger partial charge is 0.148 e. The van der Waals surface area contributed by atoms with Crippen molar-refractivity contribution in [3.05, 3.63) is 53.3 Å². The molecule has 246 valence electrons. The first kappa shape index (κ1) is 32.6. The molecule has 3 fully saturated rings. The second-order valence-electron chi connectivity index (χ2n) is 13.5. The van der Waals surface area contributed by atoms with E-state index in [1.807, 2.05) is 24.3 Å². The van der Waals surface area contributed by atoms with Crippen LogP contribution in [0.4, 0.5) is 0 Å². The molecule has 0 amide bonds. The second kappa shape index (κ2) is 17.0. The Morgan fingerprint density at radius 2 is 1.62 bits per heavy atom. The molecule has 8 heteroatoms. The monoisotopic (exact) mass is 635 g/mol. The molecule has 3 aliphatic heterocycles. The van der Waals surface area contributed by atoms with E-state index in [-0.39, 0.29) is 0 Å². The Hall–Kier alpha value is -2.32. The van der Waals surface area contributed by atoms with E-state index >= 15 is 0 Å². The summed E-state index contributed by atoms with van der Waals surface area (Å²) >= 11 is 6.10. The Morgan fingerprint density at radius 3 is 2.47 bits per heavy atom. The van der Waals surface area contributed by atoms with E-state index < -0.39 is 0 Å². The Morgan fingerprint density at radius 1 is 0.800 bits per heavy atom. The molecule has 1 N–H and O–H groups in total. The lowest BCUT2D eigenvalue weighted by molar-refractivity contribution is 0.113. The minimum absolute atomic E-state index is 0.414. The quantitative estimate of drug-likeness (QED) is 0.174. The minimum atomic E-state index is 0.414. The molecule has 1 unspecified atom stereocenters. The summed E-state index contributed by atoms with van der Waals surface area (Å²) < 4.78 is 15.0. The number of aryl methyl sites for hydroxylation is 1. The number of halogens is 1. The van der Waals surface area contributed by atoms with E-state index in [9.17, 15) is 0 Å². The molecule has 6 rings (SSSR count). The van der Waals surface area contributed by atoms with Gasteiger partial charge in [-0.1, -0.05) is 30.5 Å². The summed E-state index contributed by atoms with van der Waals surface area (Å²) in [6.07, 6.45) is 15.6. The topological polar surface area (TPSA) is 54.8 Å². The van der Waals surface area contributed by atoms with Gasteiger partial charge in [0, 0.05) is 24.2 Å². The summed E-state index contributed by atoms with van der Waals surface area (Å²) in [4.78, 5) is 10.6. The molecule has 1 atom stereocenters. The molecule has 0 radical (unpaired) electrons. The lowest BCUT2D eigenvalue weighted by Crippen LogP contribution is -2.43. The highest BCUT2D eigenvalue weighted by atomic mass is 35.5. The molecular formula is C37H54ClN5O2. The fourth-order valence-corrected chi connectivity index (χ4v) is 7.80. The van der Waals surface area contributed by atoms with Crippen molar-refractivity contribution in [1.82, 2.24) is 24.7 Å². The van der Waals surface area contributed by atoms with Crippen molar-refractivity contribution in [2.24, 2.45) is 5.92 Å². The molecule has 3 aliphatic rings.